The minimum Gasteiger partial charge on any atom is -0.147 e. The third-order valence-electron chi connectivity index (χ3n) is 1.90. The predicted molar refractivity (Wildman–Crippen MR) is 46.1 cm³/mol. The van der Waals surface area contributed by atoms with Gasteiger partial charge in [-0.25, -0.2) is 0 Å². The SMILES string of the molecule is c1ccc2nn3nnnc3cc2c1. The van der Waals surface area contributed by atoms with E-state index in [2.05, 4.69) is 20.6 Å². The Labute approximate surface area is 73.0 Å². The molecule has 5 heteroatoms. The van der Waals surface area contributed by atoms with Gasteiger partial charge in [-0.15, -0.1) is 14.8 Å². The molecule has 1 aromatic carbocycles. The third kappa shape index (κ3) is 0.868. The summed E-state index contributed by atoms with van der Waals surface area (Å²) in [7, 11) is 0. The Bertz CT molecular complexity index is 521. The van der Waals surface area contributed by atoms with Crippen LogP contribution in [0.5, 0.6) is 0 Å². The van der Waals surface area contributed by atoms with Gasteiger partial charge in [0, 0.05) is 5.39 Å². The molecule has 2 aromatic heterocycles. The third-order valence-corrected chi connectivity index (χ3v) is 1.90. The monoisotopic (exact) mass is 171 g/mol. The molecule has 0 aliphatic heterocycles. The van der Waals surface area contributed by atoms with E-state index >= 15 is 0 Å². The average Bonchev–Trinajstić information content (AvgIpc) is 2.61. The molecular weight excluding hydrogens is 166 g/mol. The molecule has 3 aromatic rings. The lowest BCUT2D eigenvalue weighted by atomic mass is 10.2. The molecule has 0 fully saturated rings. The van der Waals surface area contributed by atoms with Crippen LogP contribution >= 0.6 is 0 Å². The van der Waals surface area contributed by atoms with Gasteiger partial charge < -0.3 is 0 Å². The summed E-state index contributed by atoms with van der Waals surface area (Å²) in [4.78, 5) is 0. The molecule has 0 amide bonds. The van der Waals surface area contributed by atoms with Crippen LogP contribution in [0.3, 0.4) is 0 Å². The van der Waals surface area contributed by atoms with Crippen molar-refractivity contribution in [3.63, 3.8) is 0 Å². The van der Waals surface area contributed by atoms with Crippen LogP contribution in [0.4, 0.5) is 0 Å². The van der Waals surface area contributed by atoms with Crippen LogP contribution < -0.4 is 0 Å². The fourth-order valence-electron chi connectivity index (χ4n) is 1.29. The molecule has 0 radical (unpaired) electrons. The minimum absolute atomic E-state index is 0.665. The van der Waals surface area contributed by atoms with Crippen LogP contribution in [0.1, 0.15) is 0 Å². The van der Waals surface area contributed by atoms with Gasteiger partial charge in [0.05, 0.1) is 5.52 Å². The number of aromatic nitrogens is 5. The van der Waals surface area contributed by atoms with E-state index in [4.69, 9.17) is 0 Å². The molecule has 0 saturated carbocycles. The van der Waals surface area contributed by atoms with E-state index in [1.165, 1.54) is 4.63 Å². The predicted octanol–water partition coefficient (Wildman–Crippen LogP) is 0.672. The second kappa shape index (κ2) is 2.22. The average molecular weight is 171 g/mol. The Hall–Kier alpha value is -2.04. The van der Waals surface area contributed by atoms with Gasteiger partial charge in [-0.3, -0.25) is 0 Å². The molecule has 2 heterocycles. The van der Waals surface area contributed by atoms with Crippen molar-refractivity contribution in [3.8, 4) is 0 Å². The van der Waals surface area contributed by atoms with Gasteiger partial charge in [-0.2, -0.15) is 0 Å². The molecule has 0 aliphatic carbocycles. The van der Waals surface area contributed by atoms with E-state index < -0.39 is 0 Å². The fourth-order valence-corrected chi connectivity index (χ4v) is 1.29. The number of nitrogens with zero attached hydrogens (tertiary/aromatic N) is 5. The standard InChI is InChI=1S/C8H5N5/c1-2-4-7-6(3-1)5-8-9-11-12-13(8)10-7/h1-5H. The Kier molecular flexibility index (Phi) is 1.11. The van der Waals surface area contributed by atoms with Gasteiger partial charge in [0.15, 0.2) is 0 Å². The van der Waals surface area contributed by atoms with Crippen molar-refractivity contribution in [1.82, 2.24) is 25.3 Å². The molecule has 0 spiro atoms. The molecule has 5 nitrogen and oxygen atoms in total. The summed E-state index contributed by atoms with van der Waals surface area (Å²) in [5, 5.41) is 16.3. The van der Waals surface area contributed by atoms with Crippen LogP contribution in [0, 0.1) is 0 Å². The maximum Gasteiger partial charge on any atom is 0.200 e. The van der Waals surface area contributed by atoms with Crippen molar-refractivity contribution in [2.45, 2.75) is 0 Å². The van der Waals surface area contributed by atoms with E-state index in [1.807, 2.05) is 30.3 Å². The van der Waals surface area contributed by atoms with Gasteiger partial charge in [0.25, 0.3) is 0 Å². The summed E-state index contributed by atoms with van der Waals surface area (Å²) in [6.07, 6.45) is 0. The number of benzene rings is 1. The molecule has 13 heavy (non-hydrogen) atoms. The van der Waals surface area contributed by atoms with Crippen molar-refractivity contribution in [2.24, 2.45) is 0 Å². The maximum atomic E-state index is 4.22. The van der Waals surface area contributed by atoms with Crippen LogP contribution in [0.25, 0.3) is 16.6 Å². The first-order valence-corrected chi connectivity index (χ1v) is 3.88. The topological polar surface area (TPSA) is 56.0 Å². The van der Waals surface area contributed by atoms with Gasteiger partial charge in [0.2, 0.25) is 5.65 Å². The largest absolute Gasteiger partial charge is 0.200 e. The molecule has 0 saturated heterocycles. The Morgan fingerprint density at radius 3 is 3.08 bits per heavy atom. The van der Waals surface area contributed by atoms with E-state index in [9.17, 15) is 0 Å². The van der Waals surface area contributed by atoms with Crippen molar-refractivity contribution in [1.29, 1.82) is 0 Å². The Morgan fingerprint density at radius 1 is 1.15 bits per heavy atom. The number of fused-ring (bicyclic) bond motifs is 2. The molecule has 0 atom stereocenters. The quantitative estimate of drug-likeness (QED) is 0.499. The van der Waals surface area contributed by atoms with Crippen molar-refractivity contribution >= 4 is 16.6 Å². The first-order chi connectivity index (χ1) is 6.43. The Morgan fingerprint density at radius 2 is 2.08 bits per heavy atom. The molecule has 0 N–H and O–H groups in total. The van der Waals surface area contributed by atoms with Crippen LogP contribution in [0.15, 0.2) is 30.3 Å². The van der Waals surface area contributed by atoms with Crippen LogP contribution in [0.2, 0.25) is 0 Å². The van der Waals surface area contributed by atoms with Crippen molar-refractivity contribution in [3.05, 3.63) is 30.3 Å². The second-order valence-electron chi connectivity index (χ2n) is 2.73. The summed E-state index contributed by atoms with van der Waals surface area (Å²) >= 11 is 0. The highest BCUT2D eigenvalue weighted by molar-refractivity contribution is 5.80. The van der Waals surface area contributed by atoms with Gasteiger partial charge in [0.1, 0.15) is 0 Å². The summed E-state index contributed by atoms with van der Waals surface area (Å²) in [5.74, 6) is 0. The lowest BCUT2D eigenvalue weighted by Gasteiger charge is -1.94. The number of hydrogen-bond donors (Lipinski definition) is 0. The lowest BCUT2D eigenvalue weighted by Crippen LogP contribution is -1.93. The first-order valence-electron chi connectivity index (χ1n) is 3.88. The smallest absolute Gasteiger partial charge is 0.147 e. The second-order valence-corrected chi connectivity index (χ2v) is 2.73. The van der Waals surface area contributed by atoms with Gasteiger partial charge in [-0.05, 0) is 22.6 Å². The molecule has 0 unspecified atom stereocenters. The summed E-state index contributed by atoms with van der Waals surface area (Å²) < 4.78 is 1.42. The van der Waals surface area contributed by atoms with Crippen LogP contribution in [-0.4, -0.2) is 25.3 Å². The number of rotatable bonds is 0. The van der Waals surface area contributed by atoms with E-state index in [1.54, 1.807) is 0 Å². The zero-order chi connectivity index (χ0) is 8.67. The van der Waals surface area contributed by atoms with E-state index in [0.717, 1.165) is 10.9 Å². The lowest BCUT2D eigenvalue weighted by molar-refractivity contribution is 0.745. The van der Waals surface area contributed by atoms with Gasteiger partial charge >= 0.3 is 0 Å². The highest BCUT2D eigenvalue weighted by atomic mass is 15.6. The Balaban J connectivity index is 2.57. The van der Waals surface area contributed by atoms with Crippen molar-refractivity contribution in [2.75, 3.05) is 0 Å². The molecule has 0 bridgehead atoms. The minimum atomic E-state index is 0.665. The fraction of sp³-hybridized carbons (Fsp3) is 0. The van der Waals surface area contributed by atoms with E-state index in [-0.39, 0.29) is 0 Å². The highest BCUT2D eigenvalue weighted by Gasteiger charge is 1.99. The number of tetrazole rings is 1. The maximum absolute atomic E-state index is 4.22. The van der Waals surface area contributed by atoms with Gasteiger partial charge in [-0.1, -0.05) is 18.2 Å². The zero-order valence-corrected chi connectivity index (χ0v) is 6.62. The molecule has 0 aliphatic rings. The molecule has 3 rings (SSSR count). The summed E-state index contributed by atoms with van der Waals surface area (Å²) in [6.45, 7) is 0. The summed E-state index contributed by atoms with van der Waals surface area (Å²) in [6, 6.07) is 9.71. The first kappa shape index (κ1) is 6.47. The van der Waals surface area contributed by atoms with Crippen LogP contribution in [-0.2, 0) is 0 Å². The number of hydrogen-bond acceptors (Lipinski definition) is 4. The molecular formula is C8H5N5. The zero-order valence-electron chi connectivity index (χ0n) is 6.62. The normalized spacial score (nSPS) is 11.1. The summed E-state index contributed by atoms with van der Waals surface area (Å²) in [5.41, 5.74) is 1.56. The van der Waals surface area contributed by atoms with E-state index in [0.29, 0.717) is 5.65 Å². The van der Waals surface area contributed by atoms with Crippen molar-refractivity contribution < 1.29 is 0 Å². The highest BCUT2D eigenvalue weighted by Crippen LogP contribution is 2.10. The molecule has 62 valence electrons.